The lowest BCUT2D eigenvalue weighted by atomic mass is 10.2. The maximum Gasteiger partial charge on any atom is 0.224 e. The molecule has 2 N–H and O–H groups in total. The lowest BCUT2D eigenvalue weighted by Crippen LogP contribution is -2.10. The molecule has 0 aliphatic rings. The molecule has 0 fully saturated rings. The third-order valence-corrected chi connectivity index (χ3v) is 3.27. The van der Waals surface area contributed by atoms with Crippen LogP contribution in [-0.2, 0) is 4.79 Å². The van der Waals surface area contributed by atoms with Gasteiger partial charge in [0, 0.05) is 23.5 Å². The summed E-state index contributed by atoms with van der Waals surface area (Å²) in [7, 11) is 0. The summed E-state index contributed by atoms with van der Waals surface area (Å²) in [5, 5.41) is 6.24. The van der Waals surface area contributed by atoms with E-state index in [1.54, 1.807) is 0 Å². The number of benzene rings is 2. The van der Waals surface area contributed by atoms with E-state index in [2.05, 4.69) is 48.7 Å². The predicted octanol–water partition coefficient (Wildman–Crippen LogP) is 4.87. The fraction of sp³-hybridized carbons (Fsp3) is 0.278. The Labute approximate surface area is 126 Å². The highest BCUT2D eigenvalue weighted by Gasteiger charge is 2.01. The van der Waals surface area contributed by atoms with E-state index in [1.165, 1.54) is 5.56 Å². The van der Waals surface area contributed by atoms with Gasteiger partial charge in [0.25, 0.3) is 0 Å². The zero-order chi connectivity index (χ0) is 15.1. The molecule has 0 heterocycles. The van der Waals surface area contributed by atoms with Gasteiger partial charge in [-0.1, -0.05) is 31.0 Å². The van der Waals surface area contributed by atoms with Gasteiger partial charge in [-0.25, -0.2) is 0 Å². The minimum atomic E-state index is 0.0797. The number of amides is 1. The molecule has 0 spiro atoms. The van der Waals surface area contributed by atoms with Crippen molar-refractivity contribution in [3.05, 3.63) is 54.1 Å². The van der Waals surface area contributed by atoms with E-state index in [0.29, 0.717) is 6.42 Å². The number of carbonyl (C=O) groups excluding carboxylic acids is 1. The van der Waals surface area contributed by atoms with E-state index in [0.717, 1.165) is 29.9 Å². The van der Waals surface area contributed by atoms with Crippen molar-refractivity contribution in [3.8, 4) is 0 Å². The zero-order valence-corrected chi connectivity index (χ0v) is 12.6. The molecular weight excluding hydrogens is 260 g/mol. The Balaban J connectivity index is 1.92. The minimum Gasteiger partial charge on any atom is -0.356 e. The first-order valence-corrected chi connectivity index (χ1v) is 7.41. The van der Waals surface area contributed by atoms with Crippen LogP contribution in [-0.4, -0.2) is 5.91 Å². The molecule has 0 atom stereocenters. The molecule has 2 rings (SSSR count). The number of anilines is 3. The lowest BCUT2D eigenvalue weighted by molar-refractivity contribution is -0.116. The highest BCUT2D eigenvalue weighted by atomic mass is 16.1. The van der Waals surface area contributed by atoms with E-state index < -0.39 is 0 Å². The normalized spacial score (nSPS) is 10.2. The first-order chi connectivity index (χ1) is 10.2. The van der Waals surface area contributed by atoms with Crippen LogP contribution < -0.4 is 10.6 Å². The van der Waals surface area contributed by atoms with E-state index in [9.17, 15) is 4.79 Å². The summed E-state index contributed by atoms with van der Waals surface area (Å²) in [5.74, 6) is 0.0797. The summed E-state index contributed by atoms with van der Waals surface area (Å²) in [6.07, 6.45) is 2.55. The van der Waals surface area contributed by atoms with Gasteiger partial charge in [-0.2, -0.15) is 0 Å². The fourth-order valence-corrected chi connectivity index (χ4v) is 2.00. The van der Waals surface area contributed by atoms with Gasteiger partial charge in [0.1, 0.15) is 0 Å². The van der Waals surface area contributed by atoms with Crippen LogP contribution in [0.3, 0.4) is 0 Å². The zero-order valence-electron chi connectivity index (χ0n) is 12.6. The smallest absolute Gasteiger partial charge is 0.224 e. The predicted molar refractivity (Wildman–Crippen MR) is 89.1 cm³/mol. The molecular formula is C18H22N2O. The van der Waals surface area contributed by atoms with Crippen LogP contribution in [0.1, 0.15) is 31.7 Å². The van der Waals surface area contributed by atoms with E-state index in [4.69, 9.17) is 0 Å². The van der Waals surface area contributed by atoms with E-state index in [-0.39, 0.29) is 5.91 Å². The maximum absolute atomic E-state index is 11.7. The van der Waals surface area contributed by atoms with Gasteiger partial charge >= 0.3 is 0 Å². The van der Waals surface area contributed by atoms with Crippen molar-refractivity contribution in [2.75, 3.05) is 10.6 Å². The molecule has 2 aromatic rings. The topological polar surface area (TPSA) is 41.1 Å². The van der Waals surface area contributed by atoms with Crippen molar-refractivity contribution in [1.82, 2.24) is 0 Å². The molecule has 3 heteroatoms. The summed E-state index contributed by atoms with van der Waals surface area (Å²) in [4.78, 5) is 11.7. The van der Waals surface area contributed by atoms with Crippen LogP contribution >= 0.6 is 0 Å². The number of carbonyl (C=O) groups is 1. The Hall–Kier alpha value is -2.29. The number of nitrogens with one attached hydrogen (secondary N) is 2. The molecule has 0 bridgehead atoms. The summed E-state index contributed by atoms with van der Waals surface area (Å²) < 4.78 is 0. The average Bonchev–Trinajstić information content (AvgIpc) is 2.49. The molecule has 2 aromatic carbocycles. The Morgan fingerprint density at radius 1 is 0.905 bits per heavy atom. The van der Waals surface area contributed by atoms with Crippen LogP contribution in [0.25, 0.3) is 0 Å². The second kappa shape index (κ2) is 7.48. The average molecular weight is 282 g/mol. The van der Waals surface area contributed by atoms with Gasteiger partial charge in [-0.05, 0) is 49.7 Å². The van der Waals surface area contributed by atoms with Gasteiger partial charge in [-0.3, -0.25) is 4.79 Å². The SMILES string of the molecule is CCCCC(=O)Nc1ccc(Nc2ccc(C)cc2)cc1. The van der Waals surface area contributed by atoms with Crippen LogP contribution in [0.5, 0.6) is 0 Å². The molecule has 0 saturated heterocycles. The first-order valence-electron chi connectivity index (χ1n) is 7.41. The number of hydrogen-bond donors (Lipinski definition) is 2. The molecule has 1 amide bonds. The van der Waals surface area contributed by atoms with Gasteiger partial charge < -0.3 is 10.6 Å². The van der Waals surface area contributed by atoms with Crippen molar-refractivity contribution in [2.45, 2.75) is 33.1 Å². The molecule has 0 aliphatic carbocycles. The number of unbranched alkanes of at least 4 members (excludes halogenated alkanes) is 1. The molecule has 21 heavy (non-hydrogen) atoms. The minimum absolute atomic E-state index is 0.0797. The van der Waals surface area contributed by atoms with Crippen LogP contribution in [0.2, 0.25) is 0 Å². The van der Waals surface area contributed by atoms with Gasteiger partial charge in [0.2, 0.25) is 5.91 Å². The second-order valence-electron chi connectivity index (χ2n) is 5.22. The summed E-state index contributed by atoms with van der Waals surface area (Å²) in [5.41, 5.74) is 4.14. The van der Waals surface area contributed by atoms with Gasteiger partial charge in [-0.15, -0.1) is 0 Å². The Bertz CT molecular complexity index is 573. The highest BCUT2D eigenvalue weighted by Crippen LogP contribution is 2.19. The van der Waals surface area contributed by atoms with E-state index in [1.807, 2.05) is 24.3 Å². The van der Waals surface area contributed by atoms with Crippen LogP contribution in [0.15, 0.2) is 48.5 Å². The largest absolute Gasteiger partial charge is 0.356 e. The number of rotatable bonds is 6. The lowest BCUT2D eigenvalue weighted by Gasteiger charge is -2.09. The van der Waals surface area contributed by atoms with Crippen molar-refractivity contribution in [1.29, 1.82) is 0 Å². The molecule has 110 valence electrons. The molecule has 3 nitrogen and oxygen atoms in total. The Kier molecular flexibility index (Phi) is 5.38. The quantitative estimate of drug-likeness (QED) is 0.793. The standard InChI is InChI=1S/C18H22N2O/c1-3-4-5-18(21)20-17-12-10-16(11-13-17)19-15-8-6-14(2)7-9-15/h6-13,19H,3-5H2,1-2H3,(H,20,21). The molecule has 0 saturated carbocycles. The summed E-state index contributed by atoms with van der Waals surface area (Å²) in [6.45, 7) is 4.15. The van der Waals surface area contributed by atoms with Gasteiger partial charge in [0.15, 0.2) is 0 Å². The molecule has 0 aromatic heterocycles. The molecule has 0 aliphatic heterocycles. The summed E-state index contributed by atoms with van der Waals surface area (Å²) >= 11 is 0. The second-order valence-corrected chi connectivity index (χ2v) is 5.22. The fourth-order valence-electron chi connectivity index (χ4n) is 2.00. The number of hydrogen-bond acceptors (Lipinski definition) is 2. The van der Waals surface area contributed by atoms with Gasteiger partial charge in [0.05, 0.1) is 0 Å². The third kappa shape index (κ3) is 4.95. The third-order valence-electron chi connectivity index (χ3n) is 3.27. The van der Waals surface area contributed by atoms with Crippen molar-refractivity contribution >= 4 is 23.0 Å². The van der Waals surface area contributed by atoms with Crippen molar-refractivity contribution in [2.24, 2.45) is 0 Å². The van der Waals surface area contributed by atoms with Crippen molar-refractivity contribution < 1.29 is 4.79 Å². The summed E-state index contributed by atoms with van der Waals surface area (Å²) in [6, 6.07) is 16.0. The maximum atomic E-state index is 11.7. The number of aryl methyl sites for hydroxylation is 1. The Morgan fingerprint density at radius 2 is 1.43 bits per heavy atom. The van der Waals surface area contributed by atoms with Crippen molar-refractivity contribution in [3.63, 3.8) is 0 Å². The highest BCUT2D eigenvalue weighted by molar-refractivity contribution is 5.90. The molecule has 0 unspecified atom stereocenters. The van der Waals surface area contributed by atoms with Crippen LogP contribution in [0, 0.1) is 6.92 Å². The van der Waals surface area contributed by atoms with E-state index >= 15 is 0 Å². The Morgan fingerprint density at radius 3 is 2.00 bits per heavy atom. The molecule has 0 radical (unpaired) electrons. The first kappa shape index (κ1) is 15.1. The van der Waals surface area contributed by atoms with Crippen LogP contribution in [0.4, 0.5) is 17.1 Å². The monoisotopic (exact) mass is 282 g/mol.